The largest absolute Gasteiger partial charge is 0.494 e. The maximum absolute atomic E-state index is 12.9. The molecule has 1 aliphatic carbocycles. The fraction of sp³-hybridized carbons (Fsp3) is 0.550. The van der Waals surface area contributed by atoms with E-state index in [1.807, 2.05) is 13.0 Å². The molecule has 1 amide bonds. The zero-order chi connectivity index (χ0) is 16.5. The number of H-pyrrole nitrogens is 1. The second kappa shape index (κ2) is 6.50. The van der Waals surface area contributed by atoms with Gasteiger partial charge in [-0.3, -0.25) is 4.79 Å². The van der Waals surface area contributed by atoms with Gasteiger partial charge in [-0.05, 0) is 38.0 Å². The predicted octanol–water partition coefficient (Wildman–Crippen LogP) is 4.03. The summed E-state index contributed by atoms with van der Waals surface area (Å²) in [4.78, 5) is 18.5. The van der Waals surface area contributed by atoms with E-state index in [-0.39, 0.29) is 5.92 Å². The van der Waals surface area contributed by atoms with Crippen molar-refractivity contribution >= 4 is 16.8 Å². The fourth-order valence-corrected chi connectivity index (χ4v) is 4.25. The molecule has 0 unspecified atom stereocenters. The molecular weight excluding hydrogens is 300 g/mol. The highest BCUT2D eigenvalue weighted by Gasteiger charge is 2.29. The summed E-state index contributed by atoms with van der Waals surface area (Å²) in [5, 5.41) is 1.21. The number of hydrogen-bond acceptors (Lipinski definition) is 2. The number of aromatic amines is 1. The lowest BCUT2D eigenvalue weighted by molar-refractivity contribution is -0.137. The first-order chi connectivity index (χ1) is 11.8. The first-order valence-electron chi connectivity index (χ1n) is 9.31. The first-order valence-corrected chi connectivity index (χ1v) is 9.31. The van der Waals surface area contributed by atoms with E-state index in [9.17, 15) is 4.79 Å². The van der Waals surface area contributed by atoms with Crippen LogP contribution in [0, 0.1) is 5.92 Å². The summed E-state index contributed by atoms with van der Waals surface area (Å²) in [7, 11) is 0. The van der Waals surface area contributed by atoms with Gasteiger partial charge in [0, 0.05) is 47.6 Å². The topological polar surface area (TPSA) is 45.3 Å². The number of nitrogens with one attached hydrogen (secondary N) is 1. The van der Waals surface area contributed by atoms with E-state index in [0.29, 0.717) is 12.5 Å². The van der Waals surface area contributed by atoms with E-state index < -0.39 is 0 Å². The molecule has 2 heterocycles. The summed E-state index contributed by atoms with van der Waals surface area (Å²) in [5.41, 5.74) is 3.71. The normalized spacial score (nSPS) is 18.6. The number of benzene rings is 1. The molecular formula is C20H26N2O2. The summed E-state index contributed by atoms with van der Waals surface area (Å²) in [6, 6.07) is 6.22. The summed E-state index contributed by atoms with van der Waals surface area (Å²) in [6.45, 7) is 4.25. The van der Waals surface area contributed by atoms with Gasteiger partial charge < -0.3 is 14.6 Å². The summed E-state index contributed by atoms with van der Waals surface area (Å²) in [5.74, 6) is 1.53. The number of rotatable bonds is 3. The third kappa shape index (κ3) is 2.79. The van der Waals surface area contributed by atoms with Crippen molar-refractivity contribution in [3.63, 3.8) is 0 Å². The van der Waals surface area contributed by atoms with Gasteiger partial charge in [-0.1, -0.05) is 19.3 Å². The average Bonchev–Trinajstić information content (AvgIpc) is 2.99. The van der Waals surface area contributed by atoms with Gasteiger partial charge in [-0.2, -0.15) is 0 Å². The molecule has 24 heavy (non-hydrogen) atoms. The molecule has 1 aromatic heterocycles. The highest BCUT2D eigenvalue weighted by molar-refractivity contribution is 5.87. The van der Waals surface area contributed by atoms with E-state index in [2.05, 4.69) is 22.0 Å². The minimum Gasteiger partial charge on any atom is -0.494 e. The molecule has 2 aromatic rings. The molecule has 1 aliphatic heterocycles. The average molecular weight is 326 g/mol. The summed E-state index contributed by atoms with van der Waals surface area (Å²) >= 11 is 0. The van der Waals surface area contributed by atoms with Crippen LogP contribution in [0.1, 0.15) is 50.3 Å². The quantitative estimate of drug-likeness (QED) is 0.925. The number of nitrogens with zero attached hydrogens (tertiary/aromatic N) is 1. The Morgan fingerprint density at radius 1 is 1.29 bits per heavy atom. The van der Waals surface area contributed by atoms with Crippen LogP contribution in [0.4, 0.5) is 0 Å². The van der Waals surface area contributed by atoms with Gasteiger partial charge >= 0.3 is 0 Å². The van der Waals surface area contributed by atoms with Crippen molar-refractivity contribution in [2.24, 2.45) is 5.92 Å². The Labute approximate surface area is 143 Å². The molecule has 0 saturated heterocycles. The van der Waals surface area contributed by atoms with Gasteiger partial charge in [0.05, 0.1) is 6.61 Å². The van der Waals surface area contributed by atoms with Crippen molar-refractivity contribution in [1.82, 2.24) is 9.88 Å². The van der Waals surface area contributed by atoms with Crippen LogP contribution in [0.5, 0.6) is 5.75 Å². The van der Waals surface area contributed by atoms with E-state index in [1.54, 1.807) is 0 Å². The van der Waals surface area contributed by atoms with Crippen LogP contribution in [-0.4, -0.2) is 28.9 Å². The number of carbonyl (C=O) groups excluding carboxylic acids is 1. The van der Waals surface area contributed by atoms with Crippen LogP contribution in [0.15, 0.2) is 18.2 Å². The van der Waals surface area contributed by atoms with Crippen molar-refractivity contribution in [2.45, 2.75) is 52.0 Å². The van der Waals surface area contributed by atoms with Gasteiger partial charge in [-0.15, -0.1) is 0 Å². The third-order valence-corrected chi connectivity index (χ3v) is 5.52. The lowest BCUT2D eigenvalue weighted by atomic mass is 9.87. The van der Waals surface area contributed by atoms with Gasteiger partial charge in [0.15, 0.2) is 0 Å². The van der Waals surface area contributed by atoms with Crippen LogP contribution < -0.4 is 4.74 Å². The number of carbonyl (C=O) groups is 1. The SMILES string of the molecule is CCOc1ccc2[nH]c3c(c2c1)CN(C(=O)C1CCCCC1)CC3. The lowest BCUT2D eigenvalue weighted by Gasteiger charge is -2.32. The van der Waals surface area contributed by atoms with E-state index in [1.165, 1.54) is 35.9 Å². The monoisotopic (exact) mass is 326 g/mol. The van der Waals surface area contributed by atoms with Crippen LogP contribution >= 0.6 is 0 Å². The molecule has 2 aliphatic rings. The molecule has 1 fully saturated rings. The molecule has 0 spiro atoms. The van der Waals surface area contributed by atoms with Crippen molar-refractivity contribution in [3.8, 4) is 5.75 Å². The molecule has 1 aromatic carbocycles. The summed E-state index contributed by atoms with van der Waals surface area (Å²) in [6.07, 6.45) is 6.78. The Balaban J connectivity index is 1.59. The number of aromatic nitrogens is 1. The fourth-order valence-electron chi connectivity index (χ4n) is 4.25. The van der Waals surface area contributed by atoms with Crippen molar-refractivity contribution in [3.05, 3.63) is 29.5 Å². The van der Waals surface area contributed by atoms with E-state index >= 15 is 0 Å². The molecule has 128 valence electrons. The van der Waals surface area contributed by atoms with Crippen molar-refractivity contribution in [1.29, 1.82) is 0 Å². The predicted molar refractivity (Wildman–Crippen MR) is 95.2 cm³/mol. The smallest absolute Gasteiger partial charge is 0.225 e. The Bertz CT molecular complexity index is 743. The van der Waals surface area contributed by atoms with Gasteiger partial charge in [0.2, 0.25) is 5.91 Å². The Morgan fingerprint density at radius 2 is 2.12 bits per heavy atom. The standard InChI is InChI=1S/C20H26N2O2/c1-2-24-15-8-9-18-16(12-15)17-13-22(11-10-19(17)21-18)20(23)14-6-4-3-5-7-14/h8-9,12,14,21H,2-7,10-11,13H2,1H3. The lowest BCUT2D eigenvalue weighted by Crippen LogP contribution is -2.40. The molecule has 4 heteroatoms. The highest BCUT2D eigenvalue weighted by Crippen LogP contribution is 2.32. The number of ether oxygens (including phenoxy) is 1. The van der Waals surface area contributed by atoms with E-state index in [0.717, 1.165) is 43.6 Å². The van der Waals surface area contributed by atoms with Gasteiger partial charge in [0.1, 0.15) is 5.75 Å². The minimum absolute atomic E-state index is 0.254. The Hall–Kier alpha value is -1.97. The second-order valence-electron chi connectivity index (χ2n) is 7.07. The van der Waals surface area contributed by atoms with Crippen molar-refractivity contribution < 1.29 is 9.53 Å². The van der Waals surface area contributed by atoms with Gasteiger partial charge in [-0.25, -0.2) is 0 Å². The maximum atomic E-state index is 12.9. The minimum atomic E-state index is 0.254. The zero-order valence-corrected chi connectivity index (χ0v) is 14.4. The molecule has 0 radical (unpaired) electrons. The third-order valence-electron chi connectivity index (χ3n) is 5.52. The number of amides is 1. The zero-order valence-electron chi connectivity index (χ0n) is 14.4. The number of hydrogen-bond donors (Lipinski definition) is 1. The second-order valence-corrected chi connectivity index (χ2v) is 7.07. The number of fused-ring (bicyclic) bond motifs is 3. The Morgan fingerprint density at radius 3 is 2.92 bits per heavy atom. The van der Waals surface area contributed by atoms with E-state index in [4.69, 9.17) is 4.74 Å². The molecule has 1 N–H and O–H groups in total. The van der Waals surface area contributed by atoms with Crippen LogP contribution in [0.3, 0.4) is 0 Å². The van der Waals surface area contributed by atoms with Crippen LogP contribution in [0.2, 0.25) is 0 Å². The molecule has 4 rings (SSSR count). The molecule has 0 bridgehead atoms. The molecule has 1 saturated carbocycles. The Kier molecular flexibility index (Phi) is 4.21. The van der Waals surface area contributed by atoms with Gasteiger partial charge in [0.25, 0.3) is 0 Å². The van der Waals surface area contributed by atoms with Crippen LogP contribution in [-0.2, 0) is 17.8 Å². The first kappa shape index (κ1) is 15.6. The maximum Gasteiger partial charge on any atom is 0.225 e. The molecule has 0 atom stereocenters. The summed E-state index contributed by atoms with van der Waals surface area (Å²) < 4.78 is 5.65. The molecule has 4 nitrogen and oxygen atoms in total. The van der Waals surface area contributed by atoms with Crippen LogP contribution in [0.25, 0.3) is 10.9 Å². The highest BCUT2D eigenvalue weighted by atomic mass is 16.5. The van der Waals surface area contributed by atoms with Crippen molar-refractivity contribution in [2.75, 3.05) is 13.2 Å².